The van der Waals surface area contributed by atoms with Gasteiger partial charge in [-0.15, -0.1) is 0 Å². The molecule has 3 aliphatic carbocycles. The summed E-state index contributed by atoms with van der Waals surface area (Å²) in [5, 5.41) is 4.80. The van der Waals surface area contributed by atoms with E-state index in [1.54, 1.807) is 0 Å². The molecule has 2 spiro atoms. The van der Waals surface area contributed by atoms with E-state index in [1.165, 1.54) is 105 Å². The van der Waals surface area contributed by atoms with Gasteiger partial charge in [-0.3, -0.25) is 0 Å². The molecular weight excluding hydrogens is 933 g/mol. The Morgan fingerprint density at radius 1 is 0.286 bits per heavy atom. The molecule has 1 aliphatic heterocycles. The monoisotopic (exact) mass is 976 g/mol. The maximum absolute atomic E-state index is 6.27. The molecule has 4 aliphatic rings. The molecule has 14 aromatic rings. The number of benzene rings is 12. The van der Waals surface area contributed by atoms with Crippen LogP contribution in [0, 0.1) is 0 Å². The number of hydrogen-bond donors (Lipinski definition) is 0. The van der Waals surface area contributed by atoms with Crippen LogP contribution in [0.2, 0.25) is 0 Å². The summed E-state index contributed by atoms with van der Waals surface area (Å²) in [7, 11) is 0. The first-order chi connectivity index (χ1) is 38.2. The molecule has 0 unspecified atom stereocenters. The van der Waals surface area contributed by atoms with E-state index in [9.17, 15) is 0 Å². The van der Waals surface area contributed by atoms with Gasteiger partial charge in [-0.25, -0.2) is 0 Å². The number of furan rings is 1. The molecule has 0 radical (unpaired) electrons. The topological polar surface area (TPSA) is 21.3 Å². The first-order valence-electron chi connectivity index (χ1n) is 26.8. The van der Waals surface area contributed by atoms with Crippen molar-refractivity contribution >= 4 is 60.8 Å². The Bertz CT molecular complexity index is 4780. The van der Waals surface area contributed by atoms with Crippen molar-refractivity contribution in [3.8, 4) is 50.2 Å². The van der Waals surface area contributed by atoms with Gasteiger partial charge in [0.15, 0.2) is 0 Å². The zero-order valence-electron chi connectivity index (χ0n) is 41.7. The van der Waals surface area contributed by atoms with Gasteiger partial charge in [-0.1, -0.05) is 200 Å². The van der Waals surface area contributed by atoms with Crippen LogP contribution < -0.4 is 4.90 Å². The zero-order valence-corrected chi connectivity index (χ0v) is 41.7. The van der Waals surface area contributed by atoms with Crippen LogP contribution in [0.1, 0.15) is 44.5 Å². The van der Waals surface area contributed by atoms with Crippen LogP contribution in [0.25, 0.3) is 93.9 Å². The molecule has 0 fully saturated rings. The second-order valence-corrected chi connectivity index (χ2v) is 21.4. The molecule has 18 rings (SSSR count). The molecule has 3 heteroatoms. The second kappa shape index (κ2) is 14.9. The lowest BCUT2D eigenvalue weighted by Gasteiger charge is -2.40. The Kier molecular flexibility index (Phi) is 8.00. The highest BCUT2D eigenvalue weighted by Gasteiger charge is 2.53. The lowest BCUT2D eigenvalue weighted by molar-refractivity contribution is 0.669. The molecule has 3 nitrogen and oxygen atoms in total. The Balaban J connectivity index is 0.911. The number of aromatic nitrogens is 1. The minimum absolute atomic E-state index is 0.498. The summed E-state index contributed by atoms with van der Waals surface area (Å²) in [6.45, 7) is 0. The Morgan fingerprint density at radius 3 is 1.38 bits per heavy atom. The van der Waals surface area contributed by atoms with E-state index in [4.69, 9.17) is 4.42 Å². The van der Waals surface area contributed by atoms with Crippen LogP contribution in [-0.4, -0.2) is 4.57 Å². The van der Waals surface area contributed by atoms with Crippen molar-refractivity contribution in [2.45, 2.75) is 10.8 Å². The van der Waals surface area contributed by atoms with Crippen LogP contribution in [0.3, 0.4) is 0 Å². The van der Waals surface area contributed by atoms with E-state index in [2.05, 4.69) is 270 Å². The highest BCUT2D eigenvalue weighted by atomic mass is 16.3. The fourth-order valence-electron chi connectivity index (χ4n) is 15.1. The molecule has 0 saturated carbocycles. The van der Waals surface area contributed by atoms with Crippen molar-refractivity contribution in [2.75, 3.05) is 4.90 Å². The molecule has 0 N–H and O–H groups in total. The Hall–Kier alpha value is -9.96. The number of anilines is 3. The maximum Gasteiger partial charge on any atom is 0.135 e. The van der Waals surface area contributed by atoms with Crippen LogP contribution >= 0.6 is 0 Å². The lowest BCUT2D eigenvalue weighted by Crippen LogP contribution is -2.33. The summed E-state index contributed by atoms with van der Waals surface area (Å²) in [4.78, 5) is 2.52. The number of nitrogens with zero attached hydrogens (tertiary/aromatic N) is 2. The van der Waals surface area contributed by atoms with E-state index in [0.29, 0.717) is 0 Å². The molecule has 0 bridgehead atoms. The third-order valence-corrected chi connectivity index (χ3v) is 18.0. The van der Waals surface area contributed by atoms with E-state index < -0.39 is 10.8 Å². The summed E-state index contributed by atoms with van der Waals surface area (Å²) >= 11 is 0. The van der Waals surface area contributed by atoms with Crippen molar-refractivity contribution in [3.05, 3.63) is 311 Å². The highest BCUT2D eigenvalue weighted by molar-refractivity contribution is 6.13. The van der Waals surface area contributed by atoms with E-state index in [0.717, 1.165) is 50.1 Å². The number of rotatable bonds is 4. The number of fused-ring (bicyclic) bond motifs is 25. The van der Waals surface area contributed by atoms with Crippen LogP contribution in [0.5, 0.6) is 0 Å². The van der Waals surface area contributed by atoms with Gasteiger partial charge in [-0.2, -0.15) is 0 Å². The molecule has 0 saturated heterocycles. The van der Waals surface area contributed by atoms with Gasteiger partial charge in [-0.05, 0) is 156 Å². The average molecular weight is 977 g/mol. The van der Waals surface area contributed by atoms with Crippen molar-refractivity contribution < 1.29 is 4.42 Å². The molecule has 0 atom stereocenters. The van der Waals surface area contributed by atoms with Crippen molar-refractivity contribution in [3.63, 3.8) is 0 Å². The third kappa shape index (κ3) is 5.12. The largest absolute Gasteiger partial charge is 0.456 e. The van der Waals surface area contributed by atoms with Crippen molar-refractivity contribution in [2.24, 2.45) is 0 Å². The maximum atomic E-state index is 6.27. The fourth-order valence-corrected chi connectivity index (χ4v) is 15.1. The molecule has 3 heterocycles. The SMILES string of the molecule is c1ccc2c(c1)-c1ccccc1C21c2ccccc2-c2ccc(N(c3ccc(-c4ccc5oc6ccccc6c5c4)cc3)c3ccc4c(c3)C3(c5ccccc5-c5ccccc53)c3cccc5c6ccccc6n-4c35)cc21. The average Bonchev–Trinajstić information content (AvgIpc) is 4.43. The Labute approximate surface area is 444 Å². The predicted octanol–water partition coefficient (Wildman–Crippen LogP) is 18.8. The summed E-state index contributed by atoms with van der Waals surface area (Å²) in [6, 6.07) is 100. The molecule has 77 heavy (non-hydrogen) atoms. The molecule has 356 valence electrons. The van der Waals surface area contributed by atoms with Crippen molar-refractivity contribution in [1.82, 2.24) is 4.57 Å². The highest BCUT2D eigenvalue weighted by Crippen LogP contribution is 2.65. The molecular formula is C74H44N2O. The van der Waals surface area contributed by atoms with Gasteiger partial charge < -0.3 is 13.9 Å². The summed E-state index contributed by atoms with van der Waals surface area (Å²) in [6.07, 6.45) is 0. The lowest BCUT2D eigenvalue weighted by atomic mass is 9.65. The van der Waals surface area contributed by atoms with E-state index in [-0.39, 0.29) is 0 Å². The van der Waals surface area contributed by atoms with Gasteiger partial charge in [0.05, 0.1) is 27.6 Å². The van der Waals surface area contributed by atoms with E-state index >= 15 is 0 Å². The van der Waals surface area contributed by atoms with Gasteiger partial charge in [0, 0.05) is 38.6 Å². The van der Waals surface area contributed by atoms with Gasteiger partial charge in [0.1, 0.15) is 11.2 Å². The normalized spacial score (nSPS) is 14.2. The summed E-state index contributed by atoms with van der Waals surface area (Å²) in [5.41, 5.74) is 28.2. The van der Waals surface area contributed by atoms with Crippen LogP contribution in [-0.2, 0) is 10.8 Å². The Morgan fingerprint density at radius 2 is 0.740 bits per heavy atom. The van der Waals surface area contributed by atoms with Crippen molar-refractivity contribution in [1.29, 1.82) is 0 Å². The fraction of sp³-hybridized carbons (Fsp3) is 0.0270. The van der Waals surface area contributed by atoms with Crippen LogP contribution in [0.4, 0.5) is 17.1 Å². The first kappa shape index (κ1) is 41.4. The first-order valence-corrected chi connectivity index (χ1v) is 26.8. The smallest absolute Gasteiger partial charge is 0.135 e. The van der Waals surface area contributed by atoms with Crippen LogP contribution in [0.15, 0.2) is 271 Å². The number of para-hydroxylation sites is 3. The van der Waals surface area contributed by atoms with Gasteiger partial charge in [0.2, 0.25) is 0 Å². The number of hydrogen-bond acceptors (Lipinski definition) is 2. The summed E-state index contributed by atoms with van der Waals surface area (Å²) in [5.74, 6) is 0. The van der Waals surface area contributed by atoms with Gasteiger partial charge >= 0.3 is 0 Å². The minimum Gasteiger partial charge on any atom is -0.456 e. The third-order valence-electron chi connectivity index (χ3n) is 18.0. The summed E-state index contributed by atoms with van der Waals surface area (Å²) < 4.78 is 8.83. The zero-order chi connectivity index (χ0) is 50.1. The van der Waals surface area contributed by atoms with Gasteiger partial charge in [0.25, 0.3) is 0 Å². The quantitative estimate of drug-likeness (QED) is 0.175. The standard InChI is InChI=1S/C74H44N2O/c1-8-24-60-50(16-1)51-17-2-9-25-61(51)73(60)62-26-10-5-20-54(62)55-39-37-48(43-66(55)73)75(47-35-32-45(33-36-47)46-34-41-71-59(42-46)57-22-7-14-31-70(57)77-71)49-38-40-69-67(44-49)74(63-27-11-3-18-52(63)53-19-4-12-28-64(53)74)65-29-15-23-58-56-21-6-13-30-68(56)76(69)72(58)65/h1-44H. The van der Waals surface area contributed by atoms with E-state index in [1.807, 2.05) is 6.07 Å². The molecule has 2 aromatic heterocycles. The second-order valence-electron chi connectivity index (χ2n) is 21.4. The molecule has 0 amide bonds. The molecule has 12 aromatic carbocycles. The predicted molar refractivity (Wildman–Crippen MR) is 315 cm³/mol. The minimum atomic E-state index is -0.602.